The maximum absolute atomic E-state index is 5.90. The second-order valence-electron chi connectivity index (χ2n) is 6.78. The minimum Gasteiger partial charge on any atom is -0.423 e. The zero-order valence-electron chi connectivity index (χ0n) is 14.7. The van der Waals surface area contributed by atoms with E-state index in [2.05, 4.69) is 38.8 Å². The SMILES string of the molecule is CC(C)c1nc(CN2CCCN(c3nc4ccccc4o3)CC2)no1. The molecule has 1 saturated heterocycles. The number of anilines is 1. The maximum atomic E-state index is 5.90. The average Bonchev–Trinajstić information content (AvgIpc) is 3.18. The largest absolute Gasteiger partial charge is 0.423 e. The fraction of sp³-hybridized carbons (Fsp3) is 0.500. The van der Waals surface area contributed by atoms with E-state index < -0.39 is 0 Å². The van der Waals surface area contributed by atoms with Gasteiger partial charge in [-0.25, -0.2) is 0 Å². The van der Waals surface area contributed by atoms with E-state index in [4.69, 9.17) is 8.94 Å². The number of nitrogens with zero attached hydrogens (tertiary/aromatic N) is 5. The number of hydrogen-bond donors (Lipinski definition) is 0. The summed E-state index contributed by atoms with van der Waals surface area (Å²) in [7, 11) is 0. The van der Waals surface area contributed by atoms with Gasteiger partial charge in [0.1, 0.15) is 5.52 Å². The molecule has 7 heteroatoms. The second kappa shape index (κ2) is 6.84. The summed E-state index contributed by atoms with van der Waals surface area (Å²) in [6, 6.07) is 8.60. The lowest BCUT2D eigenvalue weighted by atomic mass is 10.2. The highest BCUT2D eigenvalue weighted by Gasteiger charge is 2.20. The lowest BCUT2D eigenvalue weighted by Gasteiger charge is -2.19. The third-order valence-corrected chi connectivity index (χ3v) is 4.48. The van der Waals surface area contributed by atoms with Crippen molar-refractivity contribution in [2.24, 2.45) is 0 Å². The predicted octanol–water partition coefficient (Wildman–Crippen LogP) is 3.05. The Bertz CT molecular complexity index is 808. The van der Waals surface area contributed by atoms with Gasteiger partial charge in [0.2, 0.25) is 5.89 Å². The molecule has 1 fully saturated rings. The summed E-state index contributed by atoms with van der Waals surface area (Å²) in [6.45, 7) is 8.57. The summed E-state index contributed by atoms with van der Waals surface area (Å²) < 4.78 is 11.2. The standard InChI is InChI=1S/C18H23N5O2/c1-13(2)17-20-16(21-25-17)12-22-8-5-9-23(11-10-22)18-19-14-6-3-4-7-15(14)24-18/h3-4,6-7,13H,5,8-12H2,1-2H3. The van der Waals surface area contributed by atoms with Crippen LogP contribution in [0.1, 0.15) is 37.9 Å². The normalized spacial score (nSPS) is 16.7. The van der Waals surface area contributed by atoms with Crippen LogP contribution >= 0.6 is 0 Å². The fourth-order valence-corrected chi connectivity index (χ4v) is 3.08. The molecule has 0 bridgehead atoms. The van der Waals surface area contributed by atoms with Crippen LogP contribution < -0.4 is 4.90 Å². The van der Waals surface area contributed by atoms with Crippen LogP contribution in [-0.2, 0) is 6.54 Å². The third-order valence-electron chi connectivity index (χ3n) is 4.48. The average molecular weight is 341 g/mol. The van der Waals surface area contributed by atoms with Crippen LogP contribution in [0.4, 0.5) is 6.01 Å². The first kappa shape index (κ1) is 16.1. The Hall–Kier alpha value is -2.41. The van der Waals surface area contributed by atoms with Gasteiger partial charge in [-0.2, -0.15) is 9.97 Å². The van der Waals surface area contributed by atoms with E-state index in [-0.39, 0.29) is 5.92 Å². The molecule has 1 aliphatic heterocycles. The molecule has 0 N–H and O–H groups in total. The van der Waals surface area contributed by atoms with Gasteiger partial charge in [0.15, 0.2) is 11.4 Å². The number of benzene rings is 1. The van der Waals surface area contributed by atoms with Gasteiger partial charge in [-0.3, -0.25) is 4.90 Å². The molecule has 4 rings (SSSR count). The molecule has 0 spiro atoms. The van der Waals surface area contributed by atoms with E-state index in [0.717, 1.165) is 56.1 Å². The fourth-order valence-electron chi connectivity index (χ4n) is 3.08. The van der Waals surface area contributed by atoms with Crippen molar-refractivity contribution >= 4 is 17.1 Å². The van der Waals surface area contributed by atoms with Gasteiger partial charge >= 0.3 is 0 Å². The molecule has 1 aromatic carbocycles. The summed E-state index contributed by atoms with van der Waals surface area (Å²) in [4.78, 5) is 13.7. The lowest BCUT2D eigenvalue weighted by Crippen LogP contribution is -2.30. The molecule has 132 valence electrons. The topological polar surface area (TPSA) is 71.4 Å². The van der Waals surface area contributed by atoms with Gasteiger partial charge in [-0.1, -0.05) is 31.1 Å². The highest BCUT2D eigenvalue weighted by atomic mass is 16.5. The van der Waals surface area contributed by atoms with E-state index in [9.17, 15) is 0 Å². The van der Waals surface area contributed by atoms with Gasteiger partial charge < -0.3 is 13.8 Å². The first-order chi connectivity index (χ1) is 12.2. The van der Waals surface area contributed by atoms with Crippen LogP contribution in [0.2, 0.25) is 0 Å². The monoisotopic (exact) mass is 341 g/mol. The number of oxazole rings is 1. The van der Waals surface area contributed by atoms with Gasteiger partial charge in [0, 0.05) is 32.1 Å². The van der Waals surface area contributed by atoms with Crippen LogP contribution in [0, 0.1) is 0 Å². The number of fused-ring (bicyclic) bond motifs is 1. The highest BCUT2D eigenvalue weighted by molar-refractivity contribution is 5.74. The molecule has 0 atom stereocenters. The molecule has 1 aliphatic rings. The lowest BCUT2D eigenvalue weighted by molar-refractivity contribution is 0.271. The Balaban J connectivity index is 1.41. The number of rotatable bonds is 4. The van der Waals surface area contributed by atoms with Crippen molar-refractivity contribution in [3.05, 3.63) is 36.0 Å². The highest BCUT2D eigenvalue weighted by Crippen LogP contribution is 2.23. The second-order valence-corrected chi connectivity index (χ2v) is 6.78. The van der Waals surface area contributed by atoms with Crippen LogP contribution in [0.15, 0.2) is 33.2 Å². The number of para-hydroxylation sites is 2. The van der Waals surface area contributed by atoms with Crippen molar-refractivity contribution in [2.75, 3.05) is 31.1 Å². The predicted molar refractivity (Wildman–Crippen MR) is 94.5 cm³/mol. The first-order valence-electron chi connectivity index (χ1n) is 8.84. The maximum Gasteiger partial charge on any atom is 0.298 e. The van der Waals surface area contributed by atoms with Crippen molar-refractivity contribution in [2.45, 2.75) is 32.7 Å². The molecular formula is C18H23N5O2. The van der Waals surface area contributed by atoms with Gasteiger partial charge in [-0.15, -0.1) is 0 Å². The molecule has 25 heavy (non-hydrogen) atoms. The Kier molecular flexibility index (Phi) is 4.40. The quantitative estimate of drug-likeness (QED) is 0.722. The Morgan fingerprint density at radius 2 is 1.96 bits per heavy atom. The van der Waals surface area contributed by atoms with Crippen molar-refractivity contribution in [1.82, 2.24) is 20.0 Å². The van der Waals surface area contributed by atoms with Crippen molar-refractivity contribution in [3.63, 3.8) is 0 Å². The van der Waals surface area contributed by atoms with E-state index in [0.29, 0.717) is 11.9 Å². The van der Waals surface area contributed by atoms with E-state index in [1.54, 1.807) is 0 Å². The molecule has 0 aliphatic carbocycles. The molecule has 0 radical (unpaired) electrons. The molecule has 2 aromatic heterocycles. The Morgan fingerprint density at radius 1 is 1.08 bits per heavy atom. The van der Waals surface area contributed by atoms with E-state index >= 15 is 0 Å². The van der Waals surface area contributed by atoms with Gasteiger partial charge in [0.25, 0.3) is 6.01 Å². The van der Waals surface area contributed by atoms with Crippen LogP contribution in [-0.4, -0.2) is 46.2 Å². The molecule has 3 heterocycles. The van der Waals surface area contributed by atoms with Gasteiger partial charge in [-0.05, 0) is 18.6 Å². The van der Waals surface area contributed by atoms with E-state index in [1.165, 1.54) is 0 Å². The Morgan fingerprint density at radius 3 is 2.76 bits per heavy atom. The molecular weight excluding hydrogens is 318 g/mol. The molecule has 3 aromatic rings. The molecule has 7 nitrogen and oxygen atoms in total. The minimum absolute atomic E-state index is 0.264. The Labute approximate surface area is 146 Å². The summed E-state index contributed by atoms with van der Waals surface area (Å²) in [5.41, 5.74) is 1.75. The molecule has 0 amide bonds. The van der Waals surface area contributed by atoms with Crippen LogP contribution in [0.3, 0.4) is 0 Å². The summed E-state index contributed by atoms with van der Waals surface area (Å²) in [5.74, 6) is 1.73. The van der Waals surface area contributed by atoms with Gasteiger partial charge in [0.05, 0.1) is 6.54 Å². The molecule has 0 saturated carbocycles. The summed E-state index contributed by atoms with van der Waals surface area (Å²) in [6.07, 6.45) is 1.05. The van der Waals surface area contributed by atoms with Crippen LogP contribution in [0.25, 0.3) is 11.1 Å². The first-order valence-corrected chi connectivity index (χ1v) is 8.84. The zero-order chi connectivity index (χ0) is 17.2. The number of aromatic nitrogens is 3. The van der Waals surface area contributed by atoms with Crippen molar-refractivity contribution in [3.8, 4) is 0 Å². The third kappa shape index (κ3) is 3.51. The zero-order valence-corrected chi connectivity index (χ0v) is 14.7. The smallest absolute Gasteiger partial charge is 0.298 e. The van der Waals surface area contributed by atoms with Crippen molar-refractivity contribution < 1.29 is 8.94 Å². The number of hydrogen-bond acceptors (Lipinski definition) is 7. The summed E-state index contributed by atoms with van der Waals surface area (Å²) in [5, 5.41) is 4.10. The van der Waals surface area contributed by atoms with Crippen molar-refractivity contribution in [1.29, 1.82) is 0 Å². The molecule has 0 unspecified atom stereocenters. The summed E-state index contributed by atoms with van der Waals surface area (Å²) >= 11 is 0. The minimum atomic E-state index is 0.264. The van der Waals surface area contributed by atoms with E-state index in [1.807, 2.05) is 24.3 Å². The van der Waals surface area contributed by atoms with Crippen LogP contribution in [0.5, 0.6) is 0 Å².